The number of ether oxygens (including phenoxy) is 2. The van der Waals surface area contributed by atoms with E-state index in [2.05, 4.69) is 13.2 Å². The lowest BCUT2D eigenvalue weighted by Crippen LogP contribution is -2.08. The number of hydrogen-bond acceptors (Lipinski definition) is 4. The molecule has 4 nitrogen and oxygen atoms in total. The van der Waals surface area contributed by atoms with E-state index >= 15 is 0 Å². The van der Waals surface area contributed by atoms with Crippen molar-refractivity contribution in [2.24, 2.45) is 0 Å². The molecule has 3 aromatic rings. The molecule has 0 amide bonds. The van der Waals surface area contributed by atoms with Crippen LogP contribution in [0.4, 0.5) is 0 Å². The maximum atomic E-state index is 11.9. The lowest BCUT2D eigenvalue weighted by Gasteiger charge is -2.11. The molecule has 0 saturated carbocycles. The maximum Gasteiger partial charge on any atom is 0.338 e. The summed E-state index contributed by atoms with van der Waals surface area (Å²) in [5.74, 6) is -0.0496. The van der Waals surface area contributed by atoms with Gasteiger partial charge in [-0.15, -0.1) is 0 Å². The summed E-state index contributed by atoms with van der Waals surface area (Å²) in [4.78, 5) is 23.6. The van der Waals surface area contributed by atoms with Crippen LogP contribution in [0.3, 0.4) is 0 Å². The molecule has 0 fully saturated rings. The lowest BCUT2D eigenvalue weighted by atomic mass is 10.0. The zero-order valence-electron chi connectivity index (χ0n) is 14.7. The Bertz CT molecular complexity index is 1080. The van der Waals surface area contributed by atoms with Crippen LogP contribution >= 0.6 is 0 Å². The summed E-state index contributed by atoms with van der Waals surface area (Å²) in [6, 6.07) is 14.7. The Labute approximate surface area is 151 Å². The van der Waals surface area contributed by atoms with Gasteiger partial charge < -0.3 is 9.47 Å². The highest BCUT2D eigenvalue weighted by molar-refractivity contribution is 6.10. The Kier molecular flexibility index (Phi) is 4.59. The van der Waals surface area contributed by atoms with E-state index in [9.17, 15) is 9.59 Å². The molecule has 26 heavy (non-hydrogen) atoms. The monoisotopic (exact) mass is 346 g/mol. The van der Waals surface area contributed by atoms with Crippen LogP contribution in [0, 0.1) is 0 Å². The van der Waals surface area contributed by atoms with Crippen molar-refractivity contribution in [3.05, 3.63) is 72.8 Å². The molecule has 130 valence electrons. The summed E-state index contributed by atoms with van der Waals surface area (Å²) < 4.78 is 10.8. The summed E-state index contributed by atoms with van der Waals surface area (Å²) >= 11 is 0. The van der Waals surface area contributed by atoms with E-state index in [1.165, 1.54) is 0 Å². The molecule has 0 unspecified atom stereocenters. The van der Waals surface area contributed by atoms with E-state index in [0.717, 1.165) is 21.5 Å². The number of hydrogen-bond donors (Lipinski definition) is 0. The second kappa shape index (κ2) is 6.84. The summed E-state index contributed by atoms with van der Waals surface area (Å²) in [5.41, 5.74) is 0.661. The molecule has 0 atom stereocenters. The van der Waals surface area contributed by atoms with Gasteiger partial charge in [0.25, 0.3) is 0 Å². The van der Waals surface area contributed by atoms with Gasteiger partial charge in [0.2, 0.25) is 0 Å². The van der Waals surface area contributed by atoms with Gasteiger partial charge in [-0.25, -0.2) is 9.59 Å². The number of fused-ring (bicyclic) bond motifs is 3. The molecule has 0 aliphatic heterocycles. The van der Waals surface area contributed by atoms with Crippen LogP contribution < -0.4 is 9.47 Å². The van der Waals surface area contributed by atoms with Crippen molar-refractivity contribution in [1.29, 1.82) is 0 Å². The molecule has 0 aromatic heterocycles. The Morgan fingerprint density at radius 1 is 0.769 bits per heavy atom. The molecular weight excluding hydrogens is 328 g/mol. The van der Waals surface area contributed by atoms with Crippen LogP contribution in [0.2, 0.25) is 0 Å². The zero-order chi connectivity index (χ0) is 18.8. The van der Waals surface area contributed by atoms with E-state index in [4.69, 9.17) is 9.47 Å². The fourth-order valence-electron chi connectivity index (χ4n) is 2.57. The number of benzene rings is 3. The second-order valence-corrected chi connectivity index (χ2v) is 6.14. The minimum absolute atomic E-state index is 0.330. The van der Waals surface area contributed by atoms with Crippen molar-refractivity contribution >= 4 is 33.5 Å². The molecule has 0 aliphatic rings. The first-order valence-electron chi connectivity index (χ1n) is 8.07. The lowest BCUT2D eigenvalue weighted by molar-refractivity contribution is -0.130. The fraction of sp³-hybridized carbons (Fsp3) is 0.0909. The van der Waals surface area contributed by atoms with Crippen molar-refractivity contribution in [2.45, 2.75) is 13.8 Å². The molecule has 0 aliphatic carbocycles. The van der Waals surface area contributed by atoms with Gasteiger partial charge in [0, 0.05) is 16.5 Å². The quantitative estimate of drug-likeness (QED) is 0.290. The third kappa shape index (κ3) is 3.35. The molecule has 0 N–H and O–H groups in total. The highest BCUT2D eigenvalue weighted by Gasteiger charge is 2.12. The number of carbonyl (C=O) groups is 2. The van der Waals surface area contributed by atoms with Gasteiger partial charge in [-0.2, -0.15) is 0 Å². The number of esters is 2. The average molecular weight is 346 g/mol. The SMILES string of the molecule is C=C(C)C(=O)Oc1ccc2ccc3c(OC(=O)C(=C)C)cccc3c2c1. The van der Waals surface area contributed by atoms with Gasteiger partial charge in [0.15, 0.2) is 0 Å². The molecule has 3 rings (SSSR count). The predicted octanol–water partition coefficient (Wildman–Crippen LogP) is 4.96. The van der Waals surface area contributed by atoms with Crippen LogP contribution in [-0.4, -0.2) is 11.9 Å². The Hall–Kier alpha value is -3.40. The fourth-order valence-corrected chi connectivity index (χ4v) is 2.57. The highest BCUT2D eigenvalue weighted by atomic mass is 16.5. The topological polar surface area (TPSA) is 52.6 Å². The third-order valence-corrected chi connectivity index (χ3v) is 3.92. The van der Waals surface area contributed by atoms with Crippen molar-refractivity contribution in [3.8, 4) is 11.5 Å². The molecular formula is C22H18O4. The van der Waals surface area contributed by atoms with Crippen molar-refractivity contribution in [3.63, 3.8) is 0 Å². The molecule has 4 heteroatoms. The molecule has 0 heterocycles. The first kappa shape index (κ1) is 17.4. The smallest absolute Gasteiger partial charge is 0.338 e. The van der Waals surface area contributed by atoms with Crippen LogP contribution in [0.5, 0.6) is 11.5 Å². The van der Waals surface area contributed by atoms with Crippen molar-refractivity contribution < 1.29 is 19.1 Å². The van der Waals surface area contributed by atoms with Gasteiger partial charge >= 0.3 is 11.9 Å². The van der Waals surface area contributed by atoms with Gasteiger partial charge in [0.1, 0.15) is 11.5 Å². The largest absolute Gasteiger partial charge is 0.423 e. The van der Waals surface area contributed by atoms with Gasteiger partial charge in [0.05, 0.1) is 0 Å². The van der Waals surface area contributed by atoms with Crippen LogP contribution in [0.15, 0.2) is 72.8 Å². The summed E-state index contributed by atoms with van der Waals surface area (Å²) in [7, 11) is 0. The standard InChI is InChI=1S/C22H18O4/c1-13(2)21(23)25-16-10-8-15-9-11-18-17(19(15)12-16)6-5-7-20(18)26-22(24)14(3)4/h5-12H,1,3H2,2,4H3. The number of carbonyl (C=O) groups excluding carboxylic acids is 2. The van der Waals surface area contributed by atoms with E-state index in [1.807, 2.05) is 30.3 Å². The van der Waals surface area contributed by atoms with E-state index in [1.54, 1.807) is 32.0 Å². The third-order valence-electron chi connectivity index (χ3n) is 3.92. The molecule has 0 radical (unpaired) electrons. The molecule has 0 spiro atoms. The maximum absolute atomic E-state index is 11.9. The zero-order valence-corrected chi connectivity index (χ0v) is 14.7. The van der Waals surface area contributed by atoms with Gasteiger partial charge in [-0.3, -0.25) is 0 Å². The van der Waals surface area contributed by atoms with Crippen LogP contribution in [0.1, 0.15) is 13.8 Å². The molecule has 0 bridgehead atoms. The average Bonchev–Trinajstić information content (AvgIpc) is 2.61. The summed E-state index contributed by atoms with van der Waals surface area (Å²) in [5, 5.41) is 3.56. The summed E-state index contributed by atoms with van der Waals surface area (Å²) in [6.07, 6.45) is 0. The minimum atomic E-state index is -0.472. The van der Waals surface area contributed by atoms with E-state index < -0.39 is 11.9 Å². The van der Waals surface area contributed by atoms with Crippen molar-refractivity contribution in [2.75, 3.05) is 0 Å². The molecule has 3 aromatic carbocycles. The predicted molar refractivity (Wildman–Crippen MR) is 102 cm³/mol. The minimum Gasteiger partial charge on any atom is -0.423 e. The van der Waals surface area contributed by atoms with E-state index in [-0.39, 0.29) is 0 Å². The highest BCUT2D eigenvalue weighted by Crippen LogP contribution is 2.33. The summed E-state index contributed by atoms with van der Waals surface area (Å²) in [6.45, 7) is 10.4. The Morgan fingerprint density at radius 2 is 1.42 bits per heavy atom. The van der Waals surface area contributed by atoms with Gasteiger partial charge in [-0.05, 0) is 54.3 Å². The van der Waals surface area contributed by atoms with E-state index in [0.29, 0.717) is 22.6 Å². The van der Waals surface area contributed by atoms with Gasteiger partial charge in [-0.1, -0.05) is 37.4 Å². The first-order chi connectivity index (χ1) is 12.4. The normalized spacial score (nSPS) is 10.5. The Morgan fingerprint density at radius 3 is 2.12 bits per heavy atom. The van der Waals surface area contributed by atoms with Crippen LogP contribution in [-0.2, 0) is 9.59 Å². The van der Waals surface area contributed by atoms with Crippen molar-refractivity contribution in [1.82, 2.24) is 0 Å². The van der Waals surface area contributed by atoms with Crippen LogP contribution in [0.25, 0.3) is 21.5 Å². The second-order valence-electron chi connectivity index (χ2n) is 6.14. The number of rotatable bonds is 4. The molecule has 0 saturated heterocycles. The first-order valence-corrected chi connectivity index (χ1v) is 8.07. The Balaban J connectivity index is 2.12.